The molecule has 0 aliphatic carbocycles. The Kier molecular flexibility index (Phi) is 5.01. The smallest absolute Gasteiger partial charge is 0.449 e. The van der Waals surface area contributed by atoms with Crippen LogP contribution in [0.1, 0.15) is 17.4 Å². The van der Waals surface area contributed by atoms with Gasteiger partial charge in [0, 0.05) is 21.5 Å². The van der Waals surface area contributed by atoms with Gasteiger partial charge in [0.05, 0.1) is 7.11 Å². The second kappa shape index (κ2) is 6.89. The molecule has 150 valence electrons. The summed E-state index contributed by atoms with van der Waals surface area (Å²) in [5.41, 5.74) is -1.19. The molecule has 3 rings (SSSR count). The van der Waals surface area contributed by atoms with E-state index >= 15 is 0 Å². The minimum atomic E-state index is -5.32. The lowest BCUT2D eigenvalue weighted by Gasteiger charge is -2.16. The molecule has 1 N–H and O–H groups in total. The molecular formula is C18H11ClF6O3. The lowest BCUT2D eigenvalue weighted by Crippen LogP contribution is -2.22. The number of halogens is 7. The van der Waals surface area contributed by atoms with Crippen molar-refractivity contribution in [1.29, 1.82) is 0 Å². The molecule has 0 amide bonds. The highest BCUT2D eigenvalue weighted by atomic mass is 35.5. The highest BCUT2D eigenvalue weighted by Crippen LogP contribution is 2.47. The minimum Gasteiger partial charge on any atom is -0.496 e. The van der Waals surface area contributed by atoms with Gasteiger partial charge >= 0.3 is 12.4 Å². The fraction of sp³-hybridized carbons (Fsp3) is 0.222. The van der Waals surface area contributed by atoms with Gasteiger partial charge in [0.1, 0.15) is 11.3 Å². The number of methoxy groups -OCH3 is 1. The topological polar surface area (TPSA) is 42.6 Å². The number of fused-ring (bicyclic) bond motifs is 1. The Morgan fingerprint density at radius 1 is 1.07 bits per heavy atom. The van der Waals surface area contributed by atoms with E-state index in [9.17, 15) is 31.4 Å². The molecule has 0 saturated carbocycles. The Balaban J connectivity index is 2.34. The number of alkyl halides is 6. The molecule has 1 aromatic heterocycles. The molecule has 0 aliphatic rings. The van der Waals surface area contributed by atoms with Crippen molar-refractivity contribution in [3.8, 4) is 16.9 Å². The van der Waals surface area contributed by atoms with E-state index in [0.29, 0.717) is 10.6 Å². The third-order valence-corrected chi connectivity index (χ3v) is 4.26. The molecule has 0 bridgehead atoms. The average molecular weight is 425 g/mol. The van der Waals surface area contributed by atoms with Gasteiger partial charge in [-0.25, -0.2) is 0 Å². The highest BCUT2D eigenvalue weighted by molar-refractivity contribution is 6.30. The molecule has 10 heteroatoms. The molecule has 3 nitrogen and oxygen atoms in total. The molecule has 2 aromatic carbocycles. The molecule has 0 saturated heterocycles. The van der Waals surface area contributed by atoms with Crippen molar-refractivity contribution in [2.24, 2.45) is 0 Å². The molecule has 1 unspecified atom stereocenters. The molecule has 3 aromatic rings. The van der Waals surface area contributed by atoms with Crippen molar-refractivity contribution in [1.82, 2.24) is 0 Å². The van der Waals surface area contributed by atoms with Crippen molar-refractivity contribution in [3.63, 3.8) is 0 Å². The van der Waals surface area contributed by atoms with Crippen LogP contribution in [0, 0.1) is 0 Å². The van der Waals surface area contributed by atoms with Crippen LogP contribution in [0.4, 0.5) is 26.3 Å². The molecule has 28 heavy (non-hydrogen) atoms. The maximum Gasteiger partial charge on any atom is 0.449 e. The monoisotopic (exact) mass is 424 g/mol. The second-order valence-corrected chi connectivity index (χ2v) is 6.28. The number of ether oxygens (including phenoxy) is 1. The lowest BCUT2D eigenvalue weighted by molar-refractivity contribution is -0.210. The normalized spacial score (nSPS) is 13.8. The van der Waals surface area contributed by atoms with Gasteiger partial charge in [-0.05, 0) is 29.8 Å². The molecule has 0 spiro atoms. The number of aliphatic hydroxyl groups is 1. The van der Waals surface area contributed by atoms with Gasteiger partial charge in [0.15, 0.2) is 6.10 Å². The van der Waals surface area contributed by atoms with Gasteiger partial charge < -0.3 is 14.3 Å². The van der Waals surface area contributed by atoms with Crippen LogP contribution in [-0.2, 0) is 6.18 Å². The first-order chi connectivity index (χ1) is 12.9. The maximum atomic E-state index is 13.3. The summed E-state index contributed by atoms with van der Waals surface area (Å²) in [6.45, 7) is 0. The van der Waals surface area contributed by atoms with Crippen molar-refractivity contribution in [2.45, 2.75) is 18.5 Å². The third kappa shape index (κ3) is 3.64. The van der Waals surface area contributed by atoms with Crippen molar-refractivity contribution >= 4 is 22.6 Å². The van der Waals surface area contributed by atoms with Gasteiger partial charge in [-0.3, -0.25) is 0 Å². The summed E-state index contributed by atoms with van der Waals surface area (Å²) in [6.07, 6.45) is -14.0. The fourth-order valence-corrected chi connectivity index (χ4v) is 3.03. The number of furan rings is 1. The Bertz CT molecular complexity index is 1020. The average Bonchev–Trinajstić information content (AvgIpc) is 2.97. The van der Waals surface area contributed by atoms with Crippen LogP contribution in [0.2, 0.25) is 5.02 Å². The van der Waals surface area contributed by atoms with E-state index in [0.717, 1.165) is 12.1 Å². The summed E-state index contributed by atoms with van der Waals surface area (Å²) in [6, 6.07) is 8.33. The third-order valence-electron chi connectivity index (χ3n) is 4.03. The van der Waals surface area contributed by atoms with E-state index in [4.69, 9.17) is 20.8 Å². The SMILES string of the molecule is COc1cc2c(C(O)C(F)(F)F)c(C(F)(F)F)oc2cc1-c1cccc(Cl)c1. The lowest BCUT2D eigenvalue weighted by atomic mass is 9.99. The minimum absolute atomic E-state index is 0.0140. The predicted octanol–water partition coefficient (Wildman–Crippen LogP) is 6.38. The first-order valence-electron chi connectivity index (χ1n) is 7.66. The summed E-state index contributed by atoms with van der Waals surface area (Å²) >= 11 is 5.92. The summed E-state index contributed by atoms with van der Waals surface area (Å²) in [7, 11) is 1.21. The van der Waals surface area contributed by atoms with Crippen molar-refractivity contribution < 1.29 is 40.6 Å². The van der Waals surface area contributed by atoms with Crippen LogP contribution in [-0.4, -0.2) is 18.4 Å². The van der Waals surface area contributed by atoms with E-state index in [1.807, 2.05) is 0 Å². The molecular weight excluding hydrogens is 414 g/mol. The summed E-state index contributed by atoms with van der Waals surface area (Å²) < 4.78 is 88.6. The van der Waals surface area contributed by atoms with E-state index in [-0.39, 0.29) is 11.3 Å². The van der Waals surface area contributed by atoms with Gasteiger partial charge in [0.25, 0.3) is 0 Å². The number of rotatable bonds is 3. The zero-order chi connectivity index (χ0) is 20.9. The van der Waals surface area contributed by atoms with Crippen LogP contribution < -0.4 is 4.74 Å². The second-order valence-electron chi connectivity index (χ2n) is 5.85. The summed E-state index contributed by atoms with van der Waals surface area (Å²) in [5.74, 6) is -1.93. The van der Waals surface area contributed by atoms with Gasteiger partial charge in [-0.1, -0.05) is 23.7 Å². The Morgan fingerprint density at radius 3 is 2.29 bits per heavy atom. The molecule has 0 fully saturated rings. The largest absolute Gasteiger partial charge is 0.496 e. The zero-order valence-electron chi connectivity index (χ0n) is 14.0. The molecule has 0 aliphatic heterocycles. The van der Waals surface area contributed by atoms with Crippen molar-refractivity contribution in [2.75, 3.05) is 7.11 Å². The van der Waals surface area contributed by atoms with Gasteiger partial charge in [-0.2, -0.15) is 26.3 Å². The fourth-order valence-electron chi connectivity index (χ4n) is 2.84. The Morgan fingerprint density at radius 2 is 1.75 bits per heavy atom. The highest BCUT2D eigenvalue weighted by Gasteiger charge is 2.48. The van der Waals surface area contributed by atoms with Crippen LogP contribution in [0.25, 0.3) is 22.1 Å². The first kappa shape index (κ1) is 20.3. The first-order valence-corrected chi connectivity index (χ1v) is 8.03. The van der Waals surface area contributed by atoms with E-state index < -0.39 is 40.7 Å². The summed E-state index contributed by atoms with van der Waals surface area (Å²) in [5, 5.41) is 9.31. The van der Waals surface area contributed by atoms with E-state index in [2.05, 4.69) is 0 Å². The van der Waals surface area contributed by atoms with E-state index in [1.165, 1.54) is 13.2 Å². The van der Waals surface area contributed by atoms with Crippen LogP contribution in [0.5, 0.6) is 5.75 Å². The number of hydrogen-bond acceptors (Lipinski definition) is 3. The number of hydrogen-bond donors (Lipinski definition) is 1. The van der Waals surface area contributed by atoms with Crippen LogP contribution >= 0.6 is 11.6 Å². The van der Waals surface area contributed by atoms with Crippen molar-refractivity contribution in [3.05, 3.63) is 52.7 Å². The predicted molar refractivity (Wildman–Crippen MR) is 89.2 cm³/mol. The number of benzene rings is 2. The van der Waals surface area contributed by atoms with Gasteiger partial charge in [0.2, 0.25) is 5.76 Å². The van der Waals surface area contributed by atoms with Crippen LogP contribution in [0.3, 0.4) is 0 Å². The number of aliphatic hydroxyl groups excluding tert-OH is 1. The Labute approximate surface area is 159 Å². The standard InChI is InChI=1S/C18H11ClF6O3/c1-27-12-7-11-13(6-10(12)8-3-2-4-9(19)5-8)28-16(18(23,24)25)14(11)15(26)17(20,21)22/h2-7,15,26H,1H3. The zero-order valence-corrected chi connectivity index (χ0v) is 14.7. The maximum absolute atomic E-state index is 13.3. The summed E-state index contributed by atoms with van der Waals surface area (Å²) in [4.78, 5) is 0. The molecule has 1 heterocycles. The van der Waals surface area contributed by atoms with Crippen LogP contribution in [0.15, 0.2) is 40.8 Å². The molecule has 1 atom stereocenters. The quantitative estimate of drug-likeness (QED) is 0.496. The van der Waals surface area contributed by atoms with Gasteiger partial charge in [-0.15, -0.1) is 0 Å². The van der Waals surface area contributed by atoms with E-state index in [1.54, 1.807) is 18.2 Å². The molecule has 0 radical (unpaired) electrons. The Hall–Kier alpha value is -2.39.